The average Bonchev–Trinajstić information content (AvgIpc) is 3.18. The van der Waals surface area contributed by atoms with Crippen molar-refractivity contribution in [2.45, 2.75) is 23.9 Å². The maximum Gasteiger partial charge on any atom is 0.416 e. The van der Waals surface area contributed by atoms with Crippen LogP contribution in [-0.4, -0.2) is 46.1 Å². The van der Waals surface area contributed by atoms with Gasteiger partial charge in [0.15, 0.2) is 4.90 Å². The van der Waals surface area contributed by atoms with Crippen LogP contribution >= 0.6 is 0 Å². The van der Waals surface area contributed by atoms with E-state index in [9.17, 15) is 27.6 Å². The number of alkyl halides is 3. The predicted octanol–water partition coefficient (Wildman–Crippen LogP) is 3.35. The van der Waals surface area contributed by atoms with Gasteiger partial charge in [-0.15, -0.1) is 4.31 Å². The molecule has 2 atom stereocenters. The molecule has 1 saturated heterocycles. The van der Waals surface area contributed by atoms with E-state index in [2.05, 4.69) is 0 Å². The van der Waals surface area contributed by atoms with Crippen LogP contribution in [0.2, 0.25) is 0 Å². The summed E-state index contributed by atoms with van der Waals surface area (Å²) < 4.78 is 53.2. The van der Waals surface area contributed by atoms with Gasteiger partial charge in [0.2, 0.25) is 0 Å². The average molecular weight is 438 g/mol. The van der Waals surface area contributed by atoms with E-state index in [0.717, 1.165) is 23.3 Å². The Balaban J connectivity index is 1.42. The normalized spacial score (nSPS) is 20.8. The van der Waals surface area contributed by atoms with Crippen LogP contribution in [0.3, 0.4) is 0 Å². The molecule has 1 N–H and O–H groups in total. The fraction of sp³-hybridized carbons (Fsp3) is 0.381. The highest BCUT2D eigenvalue weighted by Crippen LogP contribution is 2.34. The standard InChI is InChI=1S/C21H21F3N2O3S/c22-21(23,24)16-4-6-17(7-5-16)25-8-10-26(11-9-25)30(29)19-3-1-2-14-12-15(20(27)28)13-18(14)19/h1-7,15H,8-13H2,(H,27,28). The van der Waals surface area contributed by atoms with Gasteiger partial charge >= 0.3 is 12.1 Å². The Bertz CT molecular complexity index is 928. The number of fused-ring (bicyclic) bond motifs is 1. The summed E-state index contributed by atoms with van der Waals surface area (Å²) in [5, 5.41) is 9.31. The van der Waals surface area contributed by atoms with Gasteiger partial charge in [-0.05, 0) is 48.7 Å². The molecule has 0 saturated carbocycles. The van der Waals surface area contributed by atoms with Crippen LogP contribution < -0.4 is 4.90 Å². The summed E-state index contributed by atoms with van der Waals surface area (Å²) in [7, 11) is 0. The van der Waals surface area contributed by atoms with Crippen LogP contribution in [0.15, 0.2) is 47.4 Å². The molecule has 0 bridgehead atoms. The Morgan fingerprint density at radius 1 is 1.03 bits per heavy atom. The van der Waals surface area contributed by atoms with Gasteiger partial charge in [0, 0.05) is 24.3 Å². The lowest BCUT2D eigenvalue weighted by molar-refractivity contribution is -0.141. The van der Waals surface area contributed by atoms with Crippen LogP contribution in [0, 0.1) is 5.92 Å². The first-order valence-corrected chi connectivity index (χ1v) is 10.8. The molecule has 1 heterocycles. The number of carbonyl (C=O) groups is 1. The van der Waals surface area contributed by atoms with E-state index < -0.39 is 35.0 Å². The first kappa shape index (κ1) is 21.0. The zero-order valence-corrected chi connectivity index (χ0v) is 16.9. The topological polar surface area (TPSA) is 66.8 Å². The van der Waals surface area contributed by atoms with Gasteiger partial charge in [-0.25, -0.2) is 0 Å². The second-order valence-corrected chi connectivity index (χ2v) is 9.00. The zero-order chi connectivity index (χ0) is 21.5. The minimum Gasteiger partial charge on any atom is -0.593 e. The summed E-state index contributed by atoms with van der Waals surface area (Å²) in [5.74, 6) is -1.32. The van der Waals surface area contributed by atoms with E-state index in [4.69, 9.17) is 0 Å². The second-order valence-electron chi connectivity index (χ2n) is 7.55. The van der Waals surface area contributed by atoms with E-state index in [0.29, 0.717) is 49.6 Å². The number of nitrogens with zero attached hydrogens (tertiary/aromatic N) is 2. The zero-order valence-electron chi connectivity index (χ0n) is 16.1. The molecule has 1 fully saturated rings. The highest BCUT2D eigenvalue weighted by molar-refractivity contribution is 7.89. The molecule has 4 rings (SSSR count). The lowest BCUT2D eigenvalue weighted by atomic mass is 10.1. The molecule has 160 valence electrons. The molecular formula is C21H21F3N2O3S. The number of carboxylic acid groups (broad SMARTS) is 1. The molecule has 1 aliphatic heterocycles. The third-order valence-electron chi connectivity index (χ3n) is 5.72. The molecule has 0 spiro atoms. The van der Waals surface area contributed by atoms with Crippen molar-refractivity contribution < 1.29 is 27.6 Å². The van der Waals surface area contributed by atoms with Gasteiger partial charge in [0.25, 0.3) is 0 Å². The summed E-state index contributed by atoms with van der Waals surface area (Å²) in [5.41, 5.74) is 1.84. The van der Waals surface area contributed by atoms with Gasteiger partial charge in [-0.1, -0.05) is 12.1 Å². The number of benzene rings is 2. The predicted molar refractivity (Wildman–Crippen MR) is 107 cm³/mol. The number of anilines is 1. The summed E-state index contributed by atoms with van der Waals surface area (Å²) in [6.07, 6.45) is -3.51. The molecule has 5 nitrogen and oxygen atoms in total. The molecule has 2 unspecified atom stereocenters. The van der Waals surface area contributed by atoms with Crippen LogP contribution in [0.5, 0.6) is 0 Å². The van der Waals surface area contributed by atoms with Crippen LogP contribution in [0.4, 0.5) is 18.9 Å². The van der Waals surface area contributed by atoms with Crippen molar-refractivity contribution >= 4 is 23.0 Å². The number of rotatable bonds is 4. The molecule has 0 amide bonds. The number of halogens is 3. The first-order valence-electron chi connectivity index (χ1n) is 9.66. The van der Waals surface area contributed by atoms with Crippen molar-refractivity contribution in [3.63, 3.8) is 0 Å². The third kappa shape index (κ3) is 4.14. The largest absolute Gasteiger partial charge is 0.593 e. The van der Waals surface area contributed by atoms with E-state index in [1.807, 2.05) is 21.3 Å². The fourth-order valence-corrected chi connectivity index (χ4v) is 5.46. The monoisotopic (exact) mass is 438 g/mol. The molecular weight excluding hydrogens is 417 g/mol. The molecule has 9 heteroatoms. The fourth-order valence-electron chi connectivity index (χ4n) is 4.07. The Kier molecular flexibility index (Phi) is 5.69. The maximum atomic E-state index is 13.2. The third-order valence-corrected chi connectivity index (χ3v) is 7.31. The smallest absolute Gasteiger partial charge is 0.416 e. The van der Waals surface area contributed by atoms with Crippen LogP contribution in [-0.2, 0) is 35.2 Å². The quantitative estimate of drug-likeness (QED) is 0.742. The Hall–Kier alpha value is -2.23. The number of carboxylic acids is 1. The van der Waals surface area contributed by atoms with Crippen molar-refractivity contribution in [2.24, 2.45) is 5.92 Å². The highest BCUT2D eigenvalue weighted by atomic mass is 32.2. The Labute approximate surface area is 175 Å². The van der Waals surface area contributed by atoms with Crippen molar-refractivity contribution in [1.82, 2.24) is 4.31 Å². The van der Waals surface area contributed by atoms with Crippen molar-refractivity contribution in [3.8, 4) is 0 Å². The van der Waals surface area contributed by atoms with Crippen LogP contribution in [0.1, 0.15) is 16.7 Å². The van der Waals surface area contributed by atoms with Crippen LogP contribution in [0.25, 0.3) is 0 Å². The molecule has 30 heavy (non-hydrogen) atoms. The highest BCUT2D eigenvalue weighted by Gasteiger charge is 2.36. The molecule has 0 radical (unpaired) electrons. The van der Waals surface area contributed by atoms with E-state index in [1.54, 1.807) is 6.07 Å². The van der Waals surface area contributed by atoms with Gasteiger partial charge in [-0.2, -0.15) is 13.2 Å². The van der Waals surface area contributed by atoms with Gasteiger partial charge < -0.3 is 14.6 Å². The summed E-state index contributed by atoms with van der Waals surface area (Å²) in [4.78, 5) is 14.0. The lowest BCUT2D eigenvalue weighted by Gasteiger charge is -2.35. The van der Waals surface area contributed by atoms with Crippen molar-refractivity contribution in [2.75, 3.05) is 31.1 Å². The van der Waals surface area contributed by atoms with Crippen molar-refractivity contribution in [1.29, 1.82) is 0 Å². The molecule has 0 aromatic heterocycles. The van der Waals surface area contributed by atoms with Crippen molar-refractivity contribution in [3.05, 3.63) is 59.2 Å². The molecule has 1 aliphatic carbocycles. The number of aliphatic carboxylic acids is 1. The number of hydrogen-bond donors (Lipinski definition) is 1. The van der Waals surface area contributed by atoms with E-state index >= 15 is 0 Å². The van der Waals surface area contributed by atoms with Gasteiger partial charge in [0.1, 0.15) is 0 Å². The lowest BCUT2D eigenvalue weighted by Crippen LogP contribution is -2.48. The van der Waals surface area contributed by atoms with Gasteiger partial charge in [0.05, 0.1) is 35.9 Å². The van der Waals surface area contributed by atoms with Gasteiger partial charge in [-0.3, -0.25) is 4.79 Å². The molecule has 2 aliphatic rings. The second kappa shape index (κ2) is 8.13. The Morgan fingerprint density at radius 2 is 1.70 bits per heavy atom. The number of piperazine rings is 1. The van der Waals surface area contributed by atoms with E-state index in [1.165, 1.54) is 12.1 Å². The first-order chi connectivity index (χ1) is 14.2. The minimum absolute atomic E-state index is 0.387. The number of hydrogen-bond acceptors (Lipinski definition) is 4. The molecule has 2 aromatic rings. The van der Waals surface area contributed by atoms with E-state index in [-0.39, 0.29) is 0 Å². The summed E-state index contributed by atoms with van der Waals surface area (Å²) >= 11 is -1.40. The summed E-state index contributed by atoms with van der Waals surface area (Å²) in [6, 6.07) is 10.6. The minimum atomic E-state index is -4.36. The Morgan fingerprint density at radius 3 is 2.30 bits per heavy atom. The SMILES string of the molecule is O=C(O)C1Cc2cccc([S+]([O-])N3CCN(c4ccc(C(F)(F)F)cc4)CC3)c2C1. The molecule has 2 aromatic carbocycles. The maximum absolute atomic E-state index is 13.2. The summed E-state index contributed by atoms with van der Waals surface area (Å²) in [6.45, 7) is 2.09.